The molecule has 0 aliphatic heterocycles. The average Bonchev–Trinajstić information content (AvgIpc) is 3.36. The molecule has 0 bridgehead atoms. The van der Waals surface area contributed by atoms with Crippen molar-refractivity contribution in [2.75, 3.05) is 0 Å². The molecule has 5 aromatic rings. The van der Waals surface area contributed by atoms with E-state index in [2.05, 4.69) is 10.1 Å². The van der Waals surface area contributed by atoms with Crippen LogP contribution in [0.4, 0.5) is 0 Å². The van der Waals surface area contributed by atoms with Gasteiger partial charge in [0.25, 0.3) is 5.91 Å². The van der Waals surface area contributed by atoms with Gasteiger partial charge in [-0.1, -0.05) is 76.9 Å². The zero-order chi connectivity index (χ0) is 22.2. The van der Waals surface area contributed by atoms with Gasteiger partial charge in [-0.2, -0.15) is 0 Å². The zero-order valence-corrected chi connectivity index (χ0v) is 18.2. The number of halogens is 2. The maximum Gasteiger partial charge on any atom is 0.265 e. The molecule has 0 saturated heterocycles. The Kier molecular flexibility index (Phi) is 5.21. The molecule has 32 heavy (non-hydrogen) atoms. The molecule has 0 fully saturated rings. The smallest absolute Gasteiger partial charge is 0.265 e. The normalized spacial score (nSPS) is 11.2. The topological polar surface area (TPSA) is 84.9 Å². The van der Waals surface area contributed by atoms with E-state index in [4.69, 9.17) is 33.5 Å². The Balaban J connectivity index is 1.79. The van der Waals surface area contributed by atoms with Gasteiger partial charge < -0.3 is 15.2 Å². The van der Waals surface area contributed by atoms with Crippen molar-refractivity contribution in [3.8, 4) is 22.4 Å². The van der Waals surface area contributed by atoms with Crippen LogP contribution in [0.15, 0.2) is 77.3 Å². The van der Waals surface area contributed by atoms with Gasteiger partial charge in [-0.25, -0.2) is 0 Å². The summed E-state index contributed by atoms with van der Waals surface area (Å²) in [5.74, 6) is 0.0366. The number of H-pyrrole nitrogens is 1. The first-order valence-corrected chi connectivity index (χ1v) is 10.7. The molecule has 0 radical (unpaired) electrons. The molecule has 0 unspecified atom stereocenters. The largest absolute Gasteiger partial charge is 0.364 e. The van der Waals surface area contributed by atoms with Crippen molar-refractivity contribution >= 4 is 40.0 Å². The highest BCUT2D eigenvalue weighted by molar-refractivity contribution is 6.31. The summed E-state index contributed by atoms with van der Waals surface area (Å²) in [6.45, 7) is 0. The maximum absolute atomic E-state index is 12.4. The molecule has 2 aromatic heterocycles. The predicted molar refractivity (Wildman–Crippen MR) is 127 cm³/mol. The van der Waals surface area contributed by atoms with Gasteiger partial charge in [-0.15, -0.1) is 0 Å². The van der Waals surface area contributed by atoms with E-state index in [1.807, 2.05) is 60.7 Å². The number of rotatable bonds is 5. The van der Waals surface area contributed by atoms with Crippen LogP contribution in [0.1, 0.15) is 21.8 Å². The Morgan fingerprint density at radius 2 is 1.66 bits per heavy atom. The number of aromatic nitrogens is 2. The number of aromatic amines is 1. The standard InChI is InChI=1S/C25H17Cl2N3O2/c26-16-8-6-14(7-9-16)12-20-22(23(30-32-20)15-4-2-1-3-5-15)21-18-11-10-17(27)13-19(18)29-24(21)25(28)31/h1-11,13,29H,12H2,(H2,28,31). The Bertz CT molecular complexity index is 1440. The third kappa shape index (κ3) is 3.66. The van der Waals surface area contributed by atoms with Crippen LogP contribution in [0.2, 0.25) is 10.0 Å². The van der Waals surface area contributed by atoms with Crippen molar-refractivity contribution in [2.45, 2.75) is 6.42 Å². The fraction of sp³-hybridized carbons (Fsp3) is 0.0400. The molecule has 0 saturated carbocycles. The van der Waals surface area contributed by atoms with Crippen LogP contribution in [-0.4, -0.2) is 16.0 Å². The minimum atomic E-state index is -0.579. The number of primary amides is 1. The first-order chi connectivity index (χ1) is 15.5. The molecule has 7 heteroatoms. The van der Waals surface area contributed by atoms with E-state index in [1.54, 1.807) is 12.1 Å². The Hall–Kier alpha value is -3.54. The van der Waals surface area contributed by atoms with Gasteiger partial charge in [-0.3, -0.25) is 4.79 Å². The fourth-order valence-electron chi connectivity index (χ4n) is 3.90. The van der Waals surface area contributed by atoms with Crippen molar-refractivity contribution in [2.24, 2.45) is 5.73 Å². The van der Waals surface area contributed by atoms with Crippen LogP contribution in [0, 0.1) is 0 Å². The monoisotopic (exact) mass is 461 g/mol. The second-order valence-corrected chi connectivity index (χ2v) is 8.30. The van der Waals surface area contributed by atoms with Gasteiger partial charge in [0, 0.05) is 38.5 Å². The Morgan fingerprint density at radius 3 is 2.38 bits per heavy atom. The van der Waals surface area contributed by atoms with Gasteiger partial charge in [0.05, 0.1) is 5.56 Å². The fourth-order valence-corrected chi connectivity index (χ4v) is 4.20. The number of benzene rings is 3. The summed E-state index contributed by atoms with van der Waals surface area (Å²) >= 11 is 12.2. The number of fused-ring (bicyclic) bond motifs is 1. The zero-order valence-electron chi connectivity index (χ0n) is 16.7. The Labute approximate surface area is 193 Å². The van der Waals surface area contributed by atoms with Crippen molar-refractivity contribution in [1.29, 1.82) is 0 Å². The number of carbonyl (C=O) groups excluding carboxylic acids is 1. The molecule has 2 heterocycles. The molecule has 158 valence electrons. The molecule has 0 aliphatic carbocycles. The van der Waals surface area contributed by atoms with Crippen LogP contribution in [0.25, 0.3) is 33.3 Å². The minimum absolute atomic E-state index is 0.278. The van der Waals surface area contributed by atoms with Gasteiger partial charge in [0.2, 0.25) is 0 Å². The molecule has 0 atom stereocenters. The van der Waals surface area contributed by atoms with Gasteiger partial charge in [-0.05, 0) is 29.8 Å². The lowest BCUT2D eigenvalue weighted by Gasteiger charge is -2.07. The van der Waals surface area contributed by atoms with E-state index in [1.165, 1.54) is 0 Å². The quantitative estimate of drug-likeness (QED) is 0.313. The van der Waals surface area contributed by atoms with E-state index in [0.717, 1.165) is 16.5 Å². The molecule has 3 aromatic carbocycles. The third-order valence-corrected chi connectivity index (χ3v) is 5.83. The molecule has 0 spiro atoms. The van der Waals surface area contributed by atoms with Crippen molar-refractivity contribution in [3.05, 3.63) is 99.9 Å². The molecular weight excluding hydrogens is 445 g/mol. The van der Waals surface area contributed by atoms with E-state index < -0.39 is 5.91 Å². The SMILES string of the molecule is NC(=O)c1[nH]c2cc(Cl)ccc2c1-c1c(-c2ccccc2)noc1Cc1ccc(Cl)cc1. The van der Waals surface area contributed by atoms with Gasteiger partial charge in [0.1, 0.15) is 17.1 Å². The van der Waals surface area contributed by atoms with E-state index in [-0.39, 0.29) is 5.69 Å². The number of carbonyl (C=O) groups is 1. The van der Waals surface area contributed by atoms with Gasteiger partial charge in [0.15, 0.2) is 0 Å². The third-order valence-electron chi connectivity index (χ3n) is 5.34. The lowest BCUT2D eigenvalue weighted by atomic mass is 9.94. The van der Waals surface area contributed by atoms with E-state index in [9.17, 15) is 4.79 Å². The second kappa shape index (κ2) is 8.19. The number of nitrogens with zero attached hydrogens (tertiary/aromatic N) is 1. The average molecular weight is 462 g/mol. The Morgan fingerprint density at radius 1 is 0.938 bits per heavy atom. The molecular formula is C25H17Cl2N3O2. The lowest BCUT2D eigenvalue weighted by Crippen LogP contribution is -2.12. The van der Waals surface area contributed by atoms with Crippen LogP contribution < -0.4 is 5.73 Å². The predicted octanol–water partition coefficient (Wildman–Crippen LogP) is 6.49. The molecule has 5 nitrogen and oxygen atoms in total. The van der Waals surface area contributed by atoms with Gasteiger partial charge >= 0.3 is 0 Å². The summed E-state index contributed by atoms with van der Waals surface area (Å²) in [5.41, 5.74) is 10.6. The minimum Gasteiger partial charge on any atom is -0.364 e. The lowest BCUT2D eigenvalue weighted by molar-refractivity contribution is 0.0997. The highest BCUT2D eigenvalue weighted by Crippen LogP contribution is 2.42. The summed E-state index contributed by atoms with van der Waals surface area (Å²) < 4.78 is 5.84. The summed E-state index contributed by atoms with van der Waals surface area (Å²) in [6.07, 6.45) is 0.463. The second-order valence-electron chi connectivity index (χ2n) is 7.43. The summed E-state index contributed by atoms with van der Waals surface area (Å²) in [7, 11) is 0. The number of hydrogen-bond acceptors (Lipinski definition) is 3. The summed E-state index contributed by atoms with van der Waals surface area (Å²) in [6, 6.07) is 22.6. The van der Waals surface area contributed by atoms with Crippen LogP contribution in [0.5, 0.6) is 0 Å². The van der Waals surface area contributed by atoms with Crippen LogP contribution in [-0.2, 0) is 6.42 Å². The van der Waals surface area contributed by atoms with Crippen molar-refractivity contribution in [3.63, 3.8) is 0 Å². The first-order valence-electron chi connectivity index (χ1n) is 9.91. The van der Waals surface area contributed by atoms with Crippen molar-refractivity contribution < 1.29 is 9.32 Å². The van der Waals surface area contributed by atoms with E-state index >= 15 is 0 Å². The van der Waals surface area contributed by atoms with Crippen molar-refractivity contribution in [1.82, 2.24) is 10.1 Å². The number of nitrogens with one attached hydrogen (secondary N) is 1. The molecule has 3 N–H and O–H groups in total. The number of hydrogen-bond donors (Lipinski definition) is 2. The highest BCUT2D eigenvalue weighted by atomic mass is 35.5. The number of nitrogens with two attached hydrogens (primary N) is 1. The van der Waals surface area contributed by atoms with Crippen LogP contribution >= 0.6 is 23.2 Å². The maximum atomic E-state index is 12.4. The number of amides is 1. The summed E-state index contributed by atoms with van der Waals surface area (Å²) in [4.78, 5) is 15.5. The molecule has 0 aliphatic rings. The molecule has 1 amide bonds. The molecule has 5 rings (SSSR count). The van der Waals surface area contributed by atoms with E-state index in [0.29, 0.717) is 44.6 Å². The highest BCUT2D eigenvalue weighted by Gasteiger charge is 2.27. The first kappa shape index (κ1) is 20.4. The summed E-state index contributed by atoms with van der Waals surface area (Å²) in [5, 5.41) is 6.40. The van der Waals surface area contributed by atoms with Crippen LogP contribution in [0.3, 0.4) is 0 Å².